The van der Waals surface area contributed by atoms with Gasteiger partial charge in [0.25, 0.3) is 5.91 Å². The van der Waals surface area contributed by atoms with Gasteiger partial charge in [-0.2, -0.15) is 0 Å². The summed E-state index contributed by atoms with van der Waals surface area (Å²) >= 11 is 5.89. The second kappa shape index (κ2) is 4.78. The number of halogens is 2. The Morgan fingerprint density at radius 3 is 2.62 bits per heavy atom. The third-order valence-corrected chi connectivity index (χ3v) is 2.55. The molecule has 88 valence electrons. The largest absolute Gasteiger partial charge is 0.316 e. The normalized spacial score (nSPS) is 12.4. The number of nitrogens with zero attached hydrogens (tertiary/aromatic N) is 1. The monoisotopic (exact) mass is 245 g/mol. The van der Waals surface area contributed by atoms with Crippen LogP contribution in [0.15, 0.2) is 12.1 Å². The number of hydrogen-bond acceptors (Lipinski definition) is 3. The SMILES string of the molecule is Cc1cc(Cl)c(C(N)C(=O)N(C)N)cc1F. The fourth-order valence-corrected chi connectivity index (χ4v) is 1.59. The van der Waals surface area contributed by atoms with E-state index in [1.165, 1.54) is 13.1 Å². The topological polar surface area (TPSA) is 72.4 Å². The summed E-state index contributed by atoms with van der Waals surface area (Å²) in [6.45, 7) is 1.58. The zero-order valence-electron chi connectivity index (χ0n) is 9.00. The van der Waals surface area contributed by atoms with E-state index < -0.39 is 17.8 Å². The molecule has 1 rings (SSSR count). The number of benzene rings is 1. The van der Waals surface area contributed by atoms with E-state index in [9.17, 15) is 9.18 Å². The number of nitrogens with two attached hydrogens (primary N) is 2. The number of hydrogen-bond donors (Lipinski definition) is 2. The Hall–Kier alpha value is -1.17. The number of likely N-dealkylation sites (N-methyl/N-ethyl adjacent to an activating group) is 1. The van der Waals surface area contributed by atoms with Crippen LogP contribution in [0.25, 0.3) is 0 Å². The van der Waals surface area contributed by atoms with Crippen molar-refractivity contribution in [2.24, 2.45) is 11.6 Å². The maximum Gasteiger partial charge on any atom is 0.257 e. The van der Waals surface area contributed by atoms with Gasteiger partial charge in [-0.15, -0.1) is 0 Å². The Morgan fingerprint density at radius 2 is 2.12 bits per heavy atom. The van der Waals surface area contributed by atoms with Crippen molar-refractivity contribution in [2.45, 2.75) is 13.0 Å². The van der Waals surface area contributed by atoms with E-state index in [4.69, 9.17) is 23.2 Å². The summed E-state index contributed by atoms with van der Waals surface area (Å²) in [5.74, 6) is 4.27. The van der Waals surface area contributed by atoms with Gasteiger partial charge in [0.15, 0.2) is 0 Å². The Balaban J connectivity index is 3.14. The van der Waals surface area contributed by atoms with Crippen molar-refractivity contribution in [1.82, 2.24) is 5.01 Å². The van der Waals surface area contributed by atoms with Gasteiger partial charge in [0.1, 0.15) is 11.9 Å². The zero-order chi connectivity index (χ0) is 12.5. The third-order valence-electron chi connectivity index (χ3n) is 2.23. The summed E-state index contributed by atoms with van der Waals surface area (Å²) < 4.78 is 13.3. The minimum atomic E-state index is -1.06. The molecule has 0 aromatic heterocycles. The van der Waals surface area contributed by atoms with E-state index in [0.29, 0.717) is 5.56 Å². The molecular formula is C10H13ClFN3O. The molecule has 0 spiro atoms. The molecule has 16 heavy (non-hydrogen) atoms. The van der Waals surface area contributed by atoms with Crippen LogP contribution in [0.5, 0.6) is 0 Å². The van der Waals surface area contributed by atoms with Crippen molar-refractivity contribution in [2.75, 3.05) is 7.05 Å². The molecule has 0 saturated carbocycles. The van der Waals surface area contributed by atoms with Crippen molar-refractivity contribution in [1.29, 1.82) is 0 Å². The van der Waals surface area contributed by atoms with Crippen molar-refractivity contribution in [3.8, 4) is 0 Å². The fourth-order valence-electron chi connectivity index (χ4n) is 1.25. The molecule has 4 N–H and O–H groups in total. The average Bonchev–Trinajstić information content (AvgIpc) is 2.21. The molecule has 0 heterocycles. The van der Waals surface area contributed by atoms with Gasteiger partial charge < -0.3 is 5.73 Å². The van der Waals surface area contributed by atoms with Crippen LogP contribution < -0.4 is 11.6 Å². The van der Waals surface area contributed by atoms with Crippen LogP contribution in [-0.2, 0) is 4.79 Å². The molecule has 0 radical (unpaired) electrons. The summed E-state index contributed by atoms with van der Waals surface area (Å²) in [7, 11) is 1.36. The fraction of sp³-hybridized carbons (Fsp3) is 0.300. The summed E-state index contributed by atoms with van der Waals surface area (Å²) in [4.78, 5) is 11.5. The van der Waals surface area contributed by atoms with Gasteiger partial charge in [0.05, 0.1) is 0 Å². The van der Waals surface area contributed by atoms with Crippen molar-refractivity contribution in [3.05, 3.63) is 34.1 Å². The Morgan fingerprint density at radius 1 is 1.56 bits per heavy atom. The zero-order valence-corrected chi connectivity index (χ0v) is 9.75. The van der Waals surface area contributed by atoms with Gasteiger partial charge in [-0.1, -0.05) is 11.6 Å². The number of carbonyl (C=O) groups excluding carboxylic acids is 1. The quantitative estimate of drug-likeness (QED) is 0.466. The van der Waals surface area contributed by atoms with Gasteiger partial charge >= 0.3 is 0 Å². The maximum atomic E-state index is 13.3. The van der Waals surface area contributed by atoms with Gasteiger partial charge in [-0.3, -0.25) is 9.80 Å². The second-order valence-corrected chi connectivity index (χ2v) is 3.96. The van der Waals surface area contributed by atoms with E-state index in [0.717, 1.165) is 11.1 Å². The summed E-state index contributed by atoms with van der Waals surface area (Å²) in [6, 6.07) is 1.53. The van der Waals surface area contributed by atoms with Crippen LogP contribution in [0, 0.1) is 12.7 Å². The molecule has 1 atom stereocenters. The molecular weight excluding hydrogens is 233 g/mol. The number of aryl methyl sites for hydroxylation is 1. The molecule has 0 bridgehead atoms. The van der Waals surface area contributed by atoms with E-state index in [2.05, 4.69) is 0 Å². The first-order chi connectivity index (χ1) is 7.34. The molecule has 0 fully saturated rings. The van der Waals surface area contributed by atoms with Gasteiger partial charge in [-0.05, 0) is 30.2 Å². The van der Waals surface area contributed by atoms with Gasteiger partial charge in [-0.25, -0.2) is 10.2 Å². The van der Waals surface area contributed by atoms with Crippen LogP contribution >= 0.6 is 11.6 Å². The highest BCUT2D eigenvalue weighted by Gasteiger charge is 2.21. The van der Waals surface area contributed by atoms with Gasteiger partial charge in [0, 0.05) is 12.1 Å². The number of rotatable bonds is 2. The minimum Gasteiger partial charge on any atom is -0.316 e. The smallest absolute Gasteiger partial charge is 0.257 e. The minimum absolute atomic E-state index is 0.229. The lowest BCUT2D eigenvalue weighted by atomic mass is 10.0. The highest BCUT2D eigenvalue weighted by molar-refractivity contribution is 6.31. The molecule has 1 aromatic carbocycles. The standard InChI is InChI=1S/C10H13ClFN3O/c1-5-3-7(11)6(4-8(5)12)9(13)10(16)15(2)14/h3-4,9H,13-14H2,1-2H3. The maximum absolute atomic E-state index is 13.3. The van der Waals surface area contributed by atoms with E-state index in [-0.39, 0.29) is 10.6 Å². The van der Waals surface area contributed by atoms with E-state index >= 15 is 0 Å². The third kappa shape index (κ3) is 2.49. The molecule has 0 aliphatic rings. The van der Waals surface area contributed by atoms with Crippen LogP contribution in [0.4, 0.5) is 4.39 Å². The lowest BCUT2D eigenvalue weighted by molar-refractivity contribution is -0.131. The molecule has 1 amide bonds. The van der Waals surface area contributed by atoms with Crippen molar-refractivity contribution >= 4 is 17.5 Å². The predicted molar refractivity (Wildman–Crippen MR) is 60.0 cm³/mol. The number of hydrazine groups is 1. The Labute approximate surface area is 97.9 Å². The lowest BCUT2D eigenvalue weighted by Gasteiger charge is -2.18. The van der Waals surface area contributed by atoms with E-state index in [1.54, 1.807) is 6.92 Å². The number of carbonyl (C=O) groups is 1. The highest BCUT2D eigenvalue weighted by atomic mass is 35.5. The van der Waals surface area contributed by atoms with Crippen LogP contribution in [0.2, 0.25) is 5.02 Å². The van der Waals surface area contributed by atoms with Crippen molar-refractivity contribution < 1.29 is 9.18 Å². The molecule has 0 saturated heterocycles. The highest BCUT2D eigenvalue weighted by Crippen LogP contribution is 2.25. The van der Waals surface area contributed by atoms with E-state index in [1.807, 2.05) is 0 Å². The van der Waals surface area contributed by atoms with Crippen LogP contribution in [0.3, 0.4) is 0 Å². The number of amides is 1. The molecule has 0 aliphatic heterocycles. The Kier molecular flexibility index (Phi) is 3.85. The summed E-state index contributed by atoms with van der Waals surface area (Å²) in [5, 5.41) is 1.10. The van der Waals surface area contributed by atoms with Crippen LogP contribution in [0.1, 0.15) is 17.2 Å². The van der Waals surface area contributed by atoms with Crippen molar-refractivity contribution in [3.63, 3.8) is 0 Å². The molecule has 1 aromatic rings. The van der Waals surface area contributed by atoms with Gasteiger partial charge in [0.2, 0.25) is 0 Å². The van der Waals surface area contributed by atoms with Crippen LogP contribution in [-0.4, -0.2) is 18.0 Å². The molecule has 4 nitrogen and oxygen atoms in total. The summed E-state index contributed by atoms with van der Waals surface area (Å²) in [5.41, 5.74) is 6.26. The average molecular weight is 246 g/mol. The summed E-state index contributed by atoms with van der Waals surface area (Å²) in [6.07, 6.45) is 0. The molecule has 1 unspecified atom stereocenters. The first kappa shape index (κ1) is 12.9. The first-order valence-corrected chi connectivity index (χ1v) is 4.95. The Bertz CT molecular complexity index is 423. The second-order valence-electron chi connectivity index (χ2n) is 3.55. The molecule has 6 heteroatoms. The predicted octanol–water partition coefficient (Wildman–Crippen LogP) is 1.12. The lowest BCUT2D eigenvalue weighted by Crippen LogP contribution is -2.40. The molecule has 0 aliphatic carbocycles. The first-order valence-electron chi connectivity index (χ1n) is 4.58.